The second-order valence-electron chi connectivity index (χ2n) is 5.02. The lowest BCUT2D eigenvalue weighted by atomic mass is 9.99. The summed E-state index contributed by atoms with van der Waals surface area (Å²) in [5.74, 6) is -0.838. The Morgan fingerprint density at radius 1 is 1.36 bits per heavy atom. The maximum Gasteiger partial charge on any atom is 0.310 e. The van der Waals surface area contributed by atoms with Crippen molar-refractivity contribution in [3.8, 4) is 0 Å². The van der Waals surface area contributed by atoms with E-state index in [1.165, 1.54) is 0 Å². The highest BCUT2D eigenvalue weighted by atomic mass is 16.4. The average molecular weight is 197 g/mol. The lowest BCUT2D eigenvalue weighted by molar-refractivity contribution is -0.153. The van der Waals surface area contributed by atoms with Crippen molar-refractivity contribution in [1.29, 1.82) is 0 Å². The Morgan fingerprint density at radius 3 is 2.21 bits per heavy atom. The van der Waals surface area contributed by atoms with Crippen LogP contribution < -0.4 is 0 Å². The fourth-order valence-electron chi connectivity index (χ4n) is 1.92. The van der Waals surface area contributed by atoms with E-state index in [2.05, 4.69) is 13.8 Å². The van der Waals surface area contributed by atoms with Gasteiger partial charge in [-0.3, -0.25) is 9.59 Å². The van der Waals surface area contributed by atoms with E-state index in [9.17, 15) is 9.59 Å². The van der Waals surface area contributed by atoms with Crippen LogP contribution in [0.1, 0.15) is 20.3 Å². The summed E-state index contributed by atoms with van der Waals surface area (Å²) in [6.07, 6.45) is 0.945. The third-order valence-corrected chi connectivity index (χ3v) is 3.35. The first-order chi connectivity index (χ1) is 6.42. The van der Waals surface area contributed by atoms with Gasteiger partial charge >= 0.3 is 5.97 Å². The van der Waals surface area contributed by atoms with Crippen molar-refractivity contribution in [1.82, 2.24) is 4.90 Å². The van der Waals surface area contributed by atoms with Crippen LogP contribution in [0.5, 0.6) is 0 Å². The molecule has 2 fully saturated rings. The zero-order valence-corrected chi connectivity index (χ0v) is 8.49. The smallest absolute Gasteiger partial charge is 0.310 e. The number of hydrogen-bond acceptors (Lipinski definition) is 2. The fourth-order valence-corrected chi connectivity index (χ4v) is 1.92. The van der Waals surface area contributed by atoms with Crippen LogP contribution in [-0.4, -0.2) is 35.0 Å². The number of carbonyl (C=O) groups is 2. The van der Waals surface area contributed by atoms with Crippen LogP contribution in [0.2, 0.25) is 0 Å². The largest absolute Gasteiger partial charge is 0.481 e. The van der Waals surface area contributed by atoms with Crippen molar-refractivity contribution < 1.29 is 14.7 Å². The average Bonchev–Trinajstić information content (AvgIpc) is 2.55. The van der Waals surface area contributed by atoms with E-state index < -0.39 is 5.97 Å². The van der Waals surface area contributed by atoms with Gasteiger partial charge in [0.15, 0.2) is 0 Å². The maximum absolute atomic E-state index is 11.7. The summed E-state index contributed by atoms with van der Waals surface area (Å²) in [6, 6.07) is 0. The van der Waals surface area contributed by atoms with Crippen LogP contribution in [-0.2, 0) is 9.59 Å². The molecule has 1 atom stereocenters. The molecule has 1 amide bonds. The Balaban J connectivity index is 1.83. The number of carboxylic acid groups (broad SMARTS) is 1. The van der Waals surface area contributed by atoms with Crippen LogP contribution in [0.15, 0.2) is 0 Å². The van der Waals surface area contributed by atoms with Gasteiger partial charge in [0.2, 0.25) is 5.91 Å². The molecule has 14 heavy (non-hydrogen) atoms. The second-order valence-corrected chi connectivity index (χ2v) is 5.02. The minimum Gasteiger partial charge on any atom is -0.481 e. The highest BCUT2D eigenvalue weighted by molar-refractivity contribution is 5.85. The van der Waals surface area contributed by atoms with Crippen LogP contribution in [0.4, 0.5) is 0 Å². The normalized spacial score (nSPS) is 29.6. The highest BCUT2D eigenvalue weighted by Gasteiger charge is 2.53. The number of nitrogens with zero attached hydrogens (tertiary/aromatic N) is 1. The molecule has 0 bridgehead atoms. The Morgan fingerprint density at radius 2 is 1.86 bits per heavy atom. The van der Waals surface area contributed by atoms with Gasteiger partial charge in [-0.2, -0.15) is 0 Å². The lowest BCUT2D eigenvalue weighted by Gasteiger charge is -2.37. The molecule has 1 saturated carbocycles. The first-order valence-electron chi connectivity index (χ1n) is 4.93. The minimum absolute atomic E-state index is 0.136. The predicted octanol–water partition coefficient (Wildman–Crippen LogP) is 0.575. The molecule has 2 rings (SSSR count). The van der Waals surface area contributed by atoms with Crippen LogP contribution >= 0.6 is 0 Å². The number of rotatable bonds is 2. The molecule has 78 valence electrons. The van der Waals surface area contributed by atoms with Crippen molar-refractivity contribution in [3.05, 3.63) is 0 Å². The van der Waals surface area contributed by atoms with E-state index in [0.29, 0.717) is 13.1 Å². The molecule has 0 radical (unpaired) electrons. The van der Waals surface area contributed by atoms with Gasteiger partial charge in [-0.1, -0.05) is 13.8 Å². The molecular weight excluding hydrogens is 182 g/mol. The highest BCUT2D eigenvalue weighted by Crippen LogP contribution is 2.52. The molecule has 0 spiro atoms. The molecule has 4 heteroatoms. The van der Waals surface area contributed by atoms with E-state index in [1.54, 1.807) is 4.90 Å². The molecule has 0 aromatic carbocycles. The van der Waals surface area contributed by atoms with Crippen LogP contribution in [0.3, 0.4) is 0 Å². The molecule has 1 N–H and O–H groups in total. The predicted molar refractivity (Wildman–Crippen MR) is 49.6 cm³/mol. The monoisotopic (exact) mass is 197 g/mol. The standard InChI is InChI=1S/C10H15NO3/c1-10(2)3-7(10)8(12)11-4-6(5-11)9(13)14/h6-7H,3-5H2,1-2H3,(H,13,14). The quantitative estimate of drug-likeness (QED) is 0.704. The SMILES string of the molecule is CC1(C)CC1C(=O)N1CC(C(=O)O)C1. The van der Waals surface area contributed by atoms with Gasteiger partial charge in [-0.25, -0.2) is 0 Å². The minimum atomic E-state index is -0.788. The maximum atomic E-state index is 11.7. The van der Waals surface area contributed by atoms with Crippen LogP contribution in [0.25, 0.3) is 0 Å². The molecule has 1 unspecified atom stereocenters. The van der Waals surface area contributed by atoms with Crippen molar-refractivity contribution >= 4 is 11.9 Å². The van der Waals surface area contributed by atoms with Gasteiger partial charge < -0.3 is 10.0 Å². The third-order valence-electron chi connectivity index (χ3n) is 3.35. The first-order valence-corrected chi connectivity index (χ1v) is 4.93. The van der Waals surface area contributed by atoms with Crippen molar-refractivity contribution in [2.75, 3.05) is 13.1 Å². The van der Waals surface area contributed by atoms with E-state index in [-0.39, 0.29) is 23.2 Å². The number of likely N-dealkylation sites (tertiary alicyclic amines) is 1. The van der Waals surface area contributed by atoms with Gasteiger partial charge in [0.25, 0.3) is 0 Å². The van der Waals surface area contributed by atoms with Gasteiger partial charge in [-0.05, 0) is 11.8 Å². The van der Waals surface area contributed by atoms with Crippen LogP contribution in [0, 0.1) is 17.3 Å². The Labute approximate surface area is 82.9 Å². The van der Waals surface area contributed by atoms with Crippen molar-refractivity contribution in [2.24, 2.45) is 17.3 Å². The van der Waals surface area contributed by atoms with Gasteiger partial charge in [0.1, 0.15) is 0 Å². The molecular formula is C10H15NO3. The molecule has 2 aliphatic rings. The molecule has 4 nitrogen and oxygen atoms in total. The summed E-state index contributed by atoms with van der Waals surface area (Å²) in [4.78, 5) is 23.9. The Hall–Kier alpha value is -1.06. The molecule has 0 aromatic rings. The zero-order valence-electron chi connectivity index (χ0n) is 8.49. The summed E-state index contributed by atoms with van der Waals surface area (Å²) in [5, 5.41) is 8.65. The first kappa shape index (κ1) is 9.49. The second kappa shape index (κ2) is 2.72. The molecule has 1 saturated heterocycles. The van der Waals surface area contributed by atoms with Gasteiger partial charge in [-0.15, -0.1) is 0 Å². The number of aliphatic carboxylic acids is 1. The topological polar surface area (TPSA) is 57.6 Å². The summed E-state index contributed by atoms with van der Waals surface area (Å²) in [7, 11) is 0. The summed E-state index contributed by atoms with van der Waals surface area (Å²) in [6.45, 7) is 4.95. The fraction of sp³-hybridized carbons (Fsp3) is 0.800. The van der Waals surface area contributed by atoms with Gasteiger partial charge in [0, 0.05) is 19.0 Å². The number of amides is 1. The van der Waals surface area contributed by atoms with E-state index in [0.717, 1.165) is 6.42 Å². The van der Waals surface area contributed by atoms with Crippen molar-refractivity contribution in [3.63, 3.8) is 0 Å². The number of carboxylic acids is 1. The number of carbonyl (C=O) groups excluding carboxylic acids is 1. The Kier molecular flexibility index (Phi) is 1.84. The lowest BCUT2D eigenvalue weighted by Crippen LogP contribution is -2.53. The summed E-state index contributed by atoms with van der Waals surface area (Å²) in [5.41, 5.74) is 0.144. The number of hydrogen-bond donors (Lipinski definition) is 1. The van der Waals surface area contributed by atoms with Gasteiger partial charge in [0.05, 0.1) is 5.92 Å². The molecule has 1 aliphatic heterocycles. The summed E-state index contributed by atoms with van der Waals surface area (Å²) < 4.78 is 0. The molecule has 0 aromatic heterocycles. The molecule has 1 aliphatic carbocycles. The van der Waals surface area contributed by atoms with E-state index in [4.69, 9.17) is 5.11 Å². The van der Waals surface area contributed by atoms with E-state index in [1.807, 2.05) is 0 Å². The zero-order chi connectivity index (χ0) is 10.5. The third kappa shape index (κ3) is 1.38. The Bertz CT molecular complexity index is 292. The molecule has 1 heterocycles. The van der Waals surface area contributed by atoms with Crippen molar-refractivity contribution in [2.45, 2.75) is 20.3 Å². The van der Waals surface area contributed by atoms with E-state index >= 15 is 0 Å². The summed E-state index contributed by atoms with van der Waals surface area (Å²) >= 11 is 0.